The number of hydrogen-bond acceptors (Lipinski definition) is 5. The number of aromatic nitrogens is 1. The number of rotatable bonds is 4. The van der Waals surface area contributed by atoms with Gasteiger partial charge < -0.3 is 15.0 Å². The lowest BCUT2D eigenvalue weighted by Crippen LogP contribution is -2.47. The molecular weight excluding hydrogens is 368 g/mol. The second-order valence-corrected chi connectivity index (χ2v) is 8.98. The van der Waals surface area contributed by atoms with Crippen LogP contribution >= 0.6 is 0 Å². The van der Waals surface area contributed by atoms with Gasteiger partial charge >= 0.3 is 6.09 Å². The molecule has 1 aromatic heterocycles. The van der Waals surface area contributed by atoms with E-state index in [0.717, 1.165) is 30.9 Å². The molecule has 3 rings (SSSR count). The van der Waals surface area contributed by atoms with Crippen molar-refractivity contribution in [3.05, 3.63) is 23.9 Å². The Morgan fingerprint density at radius 2 is 1.83 bits per heavy atom. The van der Waals surface area contributed by atoms with Crippen molar-refractivity contribution >= 4 is 17.8 Å². The highest BCUT2D eigenvalue weighted by Crippen LogP contribution is 2.21. The molecule has 1 atom stereocenters. The van der Waals surface area contributed by atoms with Crippen molar-refractivity contribution in [1.82, 2.24) is 15.2 Å². The van der Waals surface area contributed by atoms with Crippen molar-refractivity contribution in [3.63, 3.8) is 0 Å². The predicted molar refractivity (Wildman–Crippen MR) is 113 cm³/mol. The summed E-state index contributed by atoms with van der Waals surface area (Å²) < 4.78 is 5.44. The number of carbonyl (C=O) groups excluding carboxylic acids is 2. The Hall–Kier alpha value is -2.31. The third kappa shape index (κ3) is 6.08. The molecule has 0 bridgehead atoms. The highest BCUT2D eigenvalue weighted by molar-refractivity contribution is 5.86. The van der Waals surface area contributed by atoms with Gasteiger partial charge in [-0.1, -0.05) is 18.9 Å². The topological polar surface area (TPSA) is 74.8 Å². The van der Waals surface area contributed by atoms with E-state index < -0.39 is 17.7 Å². The fourth-order valence-corrected chi connectivity index (χ4v) is 3.89. The average Bonchev–Trinajstić information content (AvgIpc) is 3.01. The van der Waals surface area contributed by atoms with Crippen LogP contribution in [-0.4, -0.2) is 53.2 Å². The predicted octanol–water partition coefficient (Wildman–Crippen LogP) is 3.48. The SMILES string of the molecule is CC(C)(C)OC(=O)N1CCC[C@@H]1C(=O)NCc1ccc(N2CCCCCC2)nc1. The maximum absolute atomic E-state index is 12.7. The van der Waals surface area contributed by atoms with Gasteiger partial charge in [-0.3, -0.25) is 9.69 Å². The molecule has 2 aliphatic rings. The van der Waals surface area contributed by atoms with Crippen LogP contribution < -0.4 is 10.2 Å². The van der Waals surface area contributed by atoms with Crippen molar-refractivity contribution in [1.29, 1.82) is 0 Å². The molecule has 1 N–H and O–H groups in total. The Balaban J connectivity index is 1.52. The van der Waals surface area contributed by atoms with Crippen LogP contribution in [0.3, 0.4) is 0 Å². The van der Waals surface area contributed by atoms with E-state index in [-0.39, 0.29) is 5.91 Å². The molecule has 160 valence electrons. The molecule has 0 saturated carbocycles. The molecule has 2 amide bonds. The summed E-state index contributed by atoms with van der Waals surface area (Å²) in [7, 11) is 0. The van der Waals surface area contributed by atoms with Crippen LogP contribution in [0.15, 0.2) is 18.3 Å². The van der Waals surface area contributed by atoms with Crippen molar-refractivity contribution in [2.75, 3.05) is 24.5 Å². The number of nitrogens with one attached hydrogen (secondary N) is 1. The Labute approximate surface area is 173 Å². The minimum absolute atomic E-state index is 0.134. The minimum atomic E-state index is -0.568. The molecule has 2 fully saturated rings. The van der Waals surface area contributed by atoms with E-state index in [2.05, 4.69) is 15.2 Å². The summed E-state index contributed by atoms with van der Waals surface area (Å²) in [6.07, 6.45) is 7.91. The molecule has 0 spiro atoms. The number of nitrogens with zero attached hydrogens (tertiary/aromatic N) is 3. The first-order valence-electron chi connectivity index (χ1n) is 10.8. The Morgan fingerprint density at radius 1 is 1.10 bits per heavy atom. The van der Waals surface area contributed by atoms with Gasteiger partial charge in [0.05, 0.1) is 0 Å². The van der Waals surface area contributed by atoms with E-state index in [1.165, 1.54) is 25.7 Å². The van der Waals surface area contributed by atoms with Gasteiger partial charge in [0.1, 0.15) is 17.5 Å². The normalized spacial score (nSPS) is 20.3. The zero-order valence-electron chi connectivity index (χ0n) is 17.9. The molecule has 2 aliphatic heterocycles. The van der Waals surface area contributed by atoms with E-state index in [4.69, 9.17) is 4.74 Å². The molecule has 0 aromatic carbocycles. The van der Waals surface area contributed by atoms with Gasteiger partial charge in [0.15, 0.2) is 0 Å². The van der Waals surface area contributed by atoms with Gasteiger partial charge in [0.2, 0.25) is 5.91 Å². The summed E-state index contributed by atoms with van der Waals surface area (Å²) in [6.45, 7) is 8.58. The molecule has 2 saturated heterocycles. The van der Waals surface area contributed by atoms with E-state index in [1.54, 1.807) is 4.90 Å². The molecular formula is C22H34N4O3. The highest BCUT2D eigenvalue weighted by atomic mass is 16.6. The zero-order valence-corrected chi connectivity index (χ0v) is 17.9. The molecule has 29 heavy (non-hydrogen) atoms. The van der Waals surface area contributed by atoms with E-state index in [9.17, 15) is 9.59 Å². The number of anilines is 1. The molecule has 0 unspecified atom stereocenters. The fraction of sp³-hybridized carbons (Fsp3) is 0.682. The number of pyridine rings is 1. The van der Waals surface area contributed by atoms with Crippen LogP contribution in [0.4, 0.5) is 10.6 Å². The highest BCUT2D eigenvalue weighted by Gasteiger charge is 2.36. The van der Waals surface area contributed by atoms with Crippen LogP contribution in [0, 0.1) is 0 Å². The summed E-state index contributed by atoms with van der Waals surface area (Å²) in [4.78, 5) is 33.5. The van der Waals surface area contributed by atoms with Gasteiger partial charge in [0, 0.05) is 32.4 Å². The third-order valence-electron chi connectivity index (χ3n) is 5.39. The maximum Gasteiger partial charge on any atom is 0.410 e. The van der Waals surface area contributed by atoms with Gasteiger partial charge in [-0.05, 0) is 58.1 Å². The van der Waals surface area contributed by atoms with Gasteiger partial charge in [-0.2, -0.15) is 0 Å². The Bertz CT molecular complexity index is 691. The lowest BCUT2D eigenvalue weighted by molar-refractivity contribution is -0.125. The second kappa shape index (κ2) is 9.46. The minimum Gasteiger partial charge on any atom is -0.444 e. The first-order chi connectivity index (χ1) is 13.8. The molecule has 7 nitrogen and oxygen atoms in total. The number of hydrogen-bond donors (Lipinski definition) is 1. The van der Waals surface area contributed by atoms with Crippen LogP contribution in [0.5, 0.6) is 0 Å². The molecule has 0 aliphatic carbocycles. The standard InChI is InChI=1S/C22H34N4O3/c1-22(2,3)29-21(28)26-14-8-9-18(26)20(27)24-16-17-10-11-19(23-15-17)25-12-6-4-5-7-13-25/h10-11,15,18H,4-9,12-14,16H2,1-3H3,(H,24,27)/t18-/m1/s1. The van der Waals surface area contributed by atoms with Crippen LogP contribution in [0.2, 0.25) is 0 Å². The van der Waals surface area contributed by atoms with E-state index in [0.29, 0.717) is 19.5 Å². The largest absolute Gasteiger partial charge is 0.444 e. The maximum atomic E-state index is 12.7. The first kappa shape index (κ1) is 21.4. The van der Waals surface area contributed by atoms with Crippen molar-refractivity contribution in [3.8, 4) is 0 Å². The van der Waals surface area contributed by atoms with Crippen LogP contribution in [0.1, 0.15) is 64.9 Å². The molecule has 3 heterocycles. The first-order valence-corrected chi connectivity index (χ1v) is 10.8. The number of amides is 2. The quantitative estimate of drug-likeness (QED) is 0.835. The second-order valence-electron chi connectivity index (χ2n) is 8.98. The Kier molecular flexibility index (Phi) is 6.98. The molecule has 0 radical (unpaired) electrons. The van der Waals surface area contributed by atoms with Crippen molar-refractivity contribution < 1.29 is 14.3 Å². The van der Waals surface area contributed by atoms with E-state index >= 15 is 0 Å². The number of likely N-dealkylation sites (tertiary alicyclic amines) is 1. The summed E-state index contributed by atoms with van der Waals surface area (Å²) in [6, 6.07) is 3.59. The summed E-state index contributed by atoms with van der Waals surface area (Å²) in [5, 5.41) is 2.96. The van der Waals surface area contributed by atoms with Gasteiger partial charge in [0.25, 0.3) is 0 Å². The lowest BCUT2D eigenvalue weighted by atomic mass is 10.2. The van der Waals surface area contributed by atoms with Crippen molar-refractivity contribution in [2.45, 2.75) is 77.5 Å². The number of carbonyl (C=O) groups is 2. The van der Waals surface area contributed by atoms with Gasteiger partial charge in [-0.15, -0.1) is 0 Å². The van der Waals surface area contributed by atoms with Crippen LogP contribution in [0.25, 0.3) is 0 Å². The summed E-state index contributed by atoms with van der Waals surface area (Å²) >= 11 is 0. The number of ether oxygens (including phenoxy) is 1. The Morgan fingerprint density at radius 3 is 2.45 bits per heavy atom. The van der Waals surface area contributed by atoms with Gasteiger partial charge in [-0.25, -0.2) is 9.78 Å². The lowest BCUT2D eigenvalue weighted by Gasteiger charge is -2.28. The third-order valence-corrected chi connectivity index (χ3v) is 5.39. The summed E-state index contributed by atoms with van der Waals surface area (Å²) in [5.74, 6) is 0.874. The monoisotopic (exact) mass is 402 g/mol. The molecule has 7 heteroatoms. The average molecular weight is 403 g/mol. The summed E-state index contributed by atoms with van der Waals surface area (Å²) in [5.41, 5.74) is 0.389. The van der Waals surface area contributed by atoms with Crippen molar-refractivity contribution in [2.24, 2.45) is 0 Å². The smallest absolute Gasteiger partial charge is 0.410 e. The molecule has 1 aromatic rings. The fourth-order valence-electron chi connectivity index (χ4n) is 3.89. The van der Waals surface area contributed by atoms with Crippen LogP contribution in [-0.2, 0) is 16.1 Å². The van der Waals surface area contributed by atoms with E-state index in [1.807, 2.05) is 39.1 Å². The zero-order chi connectivity index (χ0) is 20.9.